The van der Waals surface area contributed by atoms with Gasteiger partial charge in [-0.15, -0.1) is 0 Å². The fourth-order valence-corrected chi connectivity index (χ4v) is 2.55. The molecule has 0 saturated carbocycles. The van der Waals surface area contributed by atoms with E-state index in [0.717, 1.165) is 22.2 Å². The van der Waals surface area contributed by atoms with E-state index in [1.165, 1.54) is 6.07 Å². The first-order valence-electron chi connectivity index (χ1n) is 7.37. The molecule has 5 heteroatoms. The molecule has 0 bridgehead atoms. The Hall–Kier alpha value is -2.53. The average molecular weight is 385 g/mol. The maximum atomic E-state index is 13.2. The van der Waals surface area contributed by atoms with E-state index in [1.807, 2.05) is 59.4 Å². The second kappa shape index (κ2) is 6.93. The zero-order valence-electron chi connectivity index (χ0n) is 12.7. The van der Waals surface area contributed by atoms with Crippen LogP contribution in [0.15, 0.2) is 77.5 Å². The van der Waals surface area contributed by atoms with Crippen molar-refractivity contribution in [1.29, 1.82) is 0 Å². The molecular weight excluding hydrogens is 371 g/mol. The predicted molar refractivity (Wildman–Crippen MR) is 85.1 cm³/mol. The lowest BCUT2D eigenvalue weighted by Crippen LogP contribution is -3.00. The van der Waals surface area contributed by atoms with Crippen molar-refractivity contribution in [2.24, 2.45) is 0 Å². The van der Waals surface area contributed by atoms with Gasteiger partial charge in [-0.1, -0.05) is 24.3 Å². The van der Waals surface area contributed by atoms with Crippen molar-refractivity contribution >= 4 is 11.1 Å². The summed E-state index contributed by atoms with van der Waals surface area (Å²) in [5, 5.41) is 0. The van der Waals surface area contributed by atoms with Crippen LogP contribution in [0.3, 0.4) is 0 Å². The van der Waals surface area contributed by atoms with Crippen molar-refractivity contribution in [2.75, 3.05) is 0 Å². The fraction of sp³-hybridized carbons (Fsp3) is 0.0526. The number of hydrogen-bond acceptors (Lipinski definition) is 2. The van der Waals surface area contributed by atoms with Gasteiger partial charge in [-0.2, -0.15) is 0 Å². The molecule has 0 amide bonds. The SMILES string of the molecule is Fc1cccc(C[n+]2ccc(-c3nc4ccccc4o3)cc2)c1.[Br-]. The third-order valence-electron chi connectivity index (χ3n) is 3.69. The van der Waals surface area contributed by atoms with Gasteiger partial charge < -0.3 is 21.4 Å². The van der Waals surface area contributed by atoms with Crippen molar-refractivity contribution in [3.63, 3.8) is 0 Å². The molecule has 0 aliphatic rings. The molecule has 3 nitrogen and oxygen atoms in total. The minimum atomic E-state index is -0.216. The molecular formula is C19H14BrFN2O. The lowest BCUT2D eigenvalue weighted by Gasteiger charge is -1.99. The van der Waals surface area contributed by atoms with Gasteiger partial charge in [0.15, 0.2) is 24.5 Å². The van der Waals surface area contributed by atoms with Crippen LogP contribution in [0.1, 0.15) is 5.56 Å². The molecule has 2 aromatic heterocycles. The summed E-state index contributed by atoms with van der Waals surface area (Å²) in [6.07, 6.45) is 3.88. The summed E-state index contributed by atoms with van der Waals surface area (Å²) in [4.78, 5) is 4.48. The molecule has 0 radical (unpaired) electrons. The van der Waals surface area contributed by atoms with E-state index in [1.54, 1.807) is 12.1 Å². The van der Waals surface area contributed by atoms with E-state index in [-0.39, 0.29) is 22.8 Å². The van der Waals surface area contributed by atoms with Crippen LogP contribution in [0.25, 0.3) is 22.6 Å². The molecule has 0 unspecified atom stereocenters. The minimum absolute atomic E-state index is 0. The monoisotopic (exact) mass is 384 g/mol. The van der Waals surface area contributed by atoms with Gasteiger partial charge in [-0.25, -0.2) is 13.9 Å². The number of hydrogen-bond donors (Lipinski definition) is 0. The molecule has 0 N–H and O–H groups in total. The Labute approximate surface area is 149 Å². The van der Waals surface area contributed by atoms with E-state index >= 15 is 0 Å². The molecule has 2 aromatic carbocycles. The van der Waals surface area contributed by atoms with E-state index in [0.29, 0.717) is 12.4 Å². The predicted octanol–water partition coefficient (Wildman–Crippen LogP) is 0.974. The maximum absolute atomic E-state index is 13.2. The minimum Gasteiger partial charge on any atom is -1.00 e. The number of aromatic nitrogens is 2. The first-order valence-corrected chi connectivity index (χ1v) is 7.37. The van der Waals surface area contributed by atoms with Gasteiger partial charge in [0.1, 0.15) is 11.3 Å². The second-order valence-corrected chi connectivity index (χ2v) is 5.38. The van der Waals surface area contributed by atoms with Gasteiger partial charge in [-0.05, 0) is 24.3 Å². The van der Waals surface area contributed by atoms with Crippen LogP contribution in [0.2, 0.25) is 0 Å². The zero-order valence-corrected chi connectivity index (χ0v) is 14.3. The van der Waals surface area contributed by atoms with E-state index < -0.39 is 0 Å². The molecule has 0 aliphatic heterocycles. The summed E-state index contributed by atoms with van der Waals surface area (Å²) < 4.78 is 21.0. The van der Waals surface area contributed by atoms with Crippen LogP contribution < -0.4 is 21.5 Å². The second-order valence-electron chi connectivity index (χ2n) is 5.38. The first kappa shape index (κ1) is 16.3. The van der Waals surface area contributed by atoms with E-state index in [4.69, 9.17) is 4.42 Å². The Morgan fingerprint density at radius 1 is 0.958 bits per heavy atom. The zero-order chi connectivity index (χ0) is 15.6. The van der Waals surface area contributed by atoms with Crippen molar-refractivity contribution in [2.45, 2.75) is 6.54 Å². The molecule has 0 spiro atoms. The summed E-state index contributed by atoms with van der Waals surface area (Å²) in [7, 11) is 0. The number of benzene rings is 2. The van der Waals surface area contributed by atoms with Gasteiger partial charge >= 0.3 is 0 Å². The van der Waals surface area contributed by atoms with Crippen LogP contribution >= 0.6 is 0 Å². The molecule has 24 heavy (non-hydrogen) atoms. The van der Waals surface area contributed by atoms with Crippen molar-refractivity contribution < 1.29 is 30.4 Å². The normalized spacial score (nSPS) is 10.5. The van der Waals surface area contributed by atoms with Gasteiger partial charge in [0.2, 0.25) is 5.89 Å². The highest BCUT2D eigenvalue weighted by atomic mass is 79.9. The summed E-state index contributed by atoms with van der Waals surface area (Å²) in [6, 6.07) is 18.2. The summed E-state index contributed by atoms with van der Waals surface area (Å²) in [5.41, 5.74) is 3.46. The first-order chi connectivity index (χ1) is 11.3. The standard InChI is InChI=1S/C19H14FN2O.BrH/c20-16-5-3-4-14(12-16)13-22-10-8-15(9-11-22)19-21-17-6-1-2-7-18(17)23-19;/h1-12H,13H2;1H/q+1;/p-1. The van der Waals surface area contributed by atoms with Crippen LogP contribution in [0.4, 0.5) is 4.39 Å². The Bertz CT molecular complexity index is 933. The number of rotatable bonds is 3. The highest BCUT2D eigenvalue weighted by molar-refractivity contribution is 5.75. The molecule has 0 fully saturated rings. The van der Waals surface area contributed by atoms with Gasteiger partial charge in [0.05, 0.1) is 0 Å². The molecule has 0 atom stereocenters. The number of oxazole rings is 1. The molecule has 4 aromatic rings. The summed E-state index contributed by atoms with van der Waals surface area (Å²) in [6.45, 7) is 0.617. The van der Waals surface area contributed by atoms with Crippen molar-refractivity contribution in [3.05, 3.63) is 84.4 Å². The number of fused-ring (bicyclic) bond motifs is 1. The Morgan fingerprint density at radius 2 is 1.75 bits per heavy atom. The fourth-order valence-electron chi connectivity index (χ4n) is 2.55. The Balaban J connectivity index is 0.00000169. The summed E-state index contributed by atoms with van der Waals surface area (Å²) >= 11 is 0. The third-order valence-corrected chi connectivity index (χ3v) is 3.69. The molecule has 2 heterocycles. The highest BCUT2D eigenvalue weighted by Gasteiger charge is 2.10. The van der Waals surface area contributed by atoms with Crippen molar-refractivity contribution in [3.8, 4) is 11.5 Å². The van der Waals surface area contributed by atoms with E-state index in [9.17, 15) is 4.39 Å². The van der Waals surface area contributed by atoms with Gasteiger partial charge in [-0.3, -0.25) is 0 Å². The number of halogens is 2. The number of nitrogens with zero attached hydrogens (tertiary/aromatic N) is 2. The van der Waals surface area contributed by atoms with Gasteiger partial charge in [0.25, 0.3) is 0 Å². The number of para-hydroxylation sites is 2. The topological polar surface area (TPSA) is 29.9 Å². The third kappa shape index (κ3) is 3.36. The lowest BCUT2D eigenvalue weighted by atomic mass is 10.2. The highest BCUT2D eigenvalue weighted by Crippen LogP contribution is 2.22. The van der Waals surface area contributed by atoms with Crippen molar-refractivity contribution in [1.82, 2.24) is 4.98 Å². The molecule has 120 valence electrons. The van der Waals surface area contributed by atoms with Gasteiger partial charge in [0, 0.05) is 23.3 Å². The van der Waals surface area contributed by atoms with Crippen LogP contribution in [0, 0.1) is 5.82 Å². The maximum Gasteiger partial charge on any atom is 0.227 e. The Morgan fingerprint density at radius 3 is 2.50 bits per heavy atom. The largest absolute Gasteiger partial charge is 1.00 e. The van der Waals surface area contributed by atoms with Crippen LogP contribution in [0.5, 0.6) is 0 Å². The molecule has 0 aliphatic carbocycles. The smallest absolute Gasteiger partial charge is 0.227 e. The van der Waals surface area contributed by atoms with E-state index in [2.05, 4.69) is 4.98 Å². The van der Waals surface area contributed by atoms with Crippen LogP contribution in [-0.4, -0.2) is 4.98 Å². The summed E-state index contributed by atoms with van der Waals surface area (Å²) in [5.74, 6) is 0.385. The quantitative estimate of drug-likeness (QED) is 0.492. The molecule has 4 rings (SSSR count). The lowest BCUT2D eigenvalue weighted by molar-refractivity contribution is -0.688. The number of pyridine rings is 1. The van der Waals surface area contributed by atoms with Crippen LogP contribution in [-0.2, 0) is 6.54 Å². The molecule has 0 saturated heterocycles. The Kier molecular flexibility index (Phi) is 4.71. The average Bonchev–Trinajstić information content (AvgIpc) is 2.99.